The first kappa shape index (κ1) is 37.6. The molecular weight excluding hydrogens is 586 g/mol. The van der Waals surface area contributed by atoms with Crippen molar-refractivity contribution in [3.8, 4) is 5.75 Å². The topological polar surface area (TPSA) is 124 Å². The molecule has 3 N–H and O–H groups in total. The highest BCUT2D eigenvalue weighted by Crippen LogP contribution is 2.29. The summed E-state index contributed by atoms with van der Waals surface area (Å²) in [6.07, 6.45) is 8.68. The maximum atomic E-state index is 14.3. The van der Waals surface area contributed by atoms with Crippen molar-refractivity contribution in [2.75, 3.05) is 59.3 Å². The van der Waals surface area contributed by atoms with Crippen LogP contribution in [0.5, 0.6) is 5.75 Å². The van der Waals surface area contributed by atoms with E-state index in [1.54, 1.807) is 35.0 Å². The fourth-order valence-corrected chi connectivity index (χ4v) is 6.13. The summed E-state index contributed by atoms with van der Waals surface area (Å²) in [5.41, 5.74) is 0.861. The molecule has 0 aromatic heterocycles. The number of hydrogen-bond donors (Lipinski definition) is 3. The molecular formula is C35H59N5O6. The van der Waals surface area contributed by atoms with Gasteiger partial charge in [0.1, 0.15) is 5.75 Å². The van der Waals surface area contributed by atoms with Gasteiger partial charge in [0.25, 0.3) is 5.91 Å². The molecule has 1 fully saturated rings. The minimum Gasteiger partial charge on any atom is -0.490 e. The molecule has 0 saturated heterocycles. The Morgan fingerprint density at radius 3 is 2.48 bits per heavy atom. The van der Waals surface area contributed by atoms with Crippen molar-refractivity contribution in [2.24, 2.45) is 5.92 Å². The standard InChI is InChI=1S/C35H59N5O6/c1-25-22-40(26(2)24-41)34(43)30-21-29(36-33(42)16-12-19-38(4)5)17-18-31(30)46-27(3)13-10-11-20-45-32(25)23-39(6)35(44)37-28-14-8-7-9-15-28/h17-18,21,25-28,32,41H,7-16,19-20,22-24H2,1-6H3,(H,36,42)(H,37,44)/t25-,26+,27-,32-/m1/s1. The quantitative estimate of drug-likeness (QED) is 0.336. The number of aliphatic hydroxyl groups is 1. The van der Waals surface area contributed by atoms with Crippen LogP contribution in [0.4, 0.5) is 10.5 Å². The van der Waals surface area contributed by atoms with Gasteiger partial charge in [0, 0.05) is 50.8 Å². The number of carbonyl (C=O) groups excluding carboxylic acids is 3. The van der Waals surface area contributed by atoms with Gasteiger partial charge in [-0.15, -0.1) is 0 Å². The fourth-order valence-electron chi connectivity index (χ4n) is 6.13. The van der Waals surface area contributed by atoms with Crippen molar-refractivity contribution in [1.82, 2.24) is 20.0 Å². The first-order valence-electron chi connectivity index (χ1n) is 17.3. The lowest BCUT2D eigenvalue weighted by Crippen LogP contribution is -2.50. The largest absolute Gasteiger partial charge is 0.490 e. The number of nitrogens with zero attached hydrogens (tertiary/aromatic N) is 3. The summed E-state index contributed by atoms with van der Waals surface area (Å²) in [6, 6.07) is 4.83. The normalized spacial score (nSPS) is 22.7. The highest BCUT2D eigenvalue weighted by atomic mass is 16.5. The monoisotopic (exact) mass is 645 g/mol. The summed E-state index contributed by atoms with van der Waals surface area (Å²) in [5, 5.41) is 16.3. The van der Waals surface area contributed by atoms with E-state index in [4.69, 9.17) is 9.47 Å². The van der Waals surface area contributed by atoms with Gasteiger partial charge >= 0.3 is 6.03 Å². The third kappa shape index (κ3) is 12.0. The molecule has 0 unspecified atom stereocenters. The smallest absolute Gasteiger partial charge is 0.317 e. The third-order valence-corrected chi connectivity index (χ3v) is 9.08. The lowest BCUT2D eigenvalue weighted by molar-refractivity contribution is -0.116. The Hall–Kier alpha value is -2.89. The van der Waals surface area contributed by atoms with Crippen LogP contribution in [0.2, 0.25) is 0 Å². The van der Waals surface area contributed by atoms with E-state index in [0.717, 1.165) is 57.9 Å². The average molecular weight is 646 g/mol. The number of anilines is 1. The molecule has 0 radical (unpaired) electrons. The minimum atomic E-state index is -0.481. The number of aliphatic hydroxyl groups excluding tert-OH is 1. The van der Waals surface area contributed by atoms with Gasteiger partial charge in [-0.25, -0.2) is 4.79 Å². The number of rotatable bonds is 10. The predicted octanol–water partition coefficient (Wildman–Crippen LogP) is 4.74. The highest BCUT2D eigenvalue weighted by molar-refractivity contribution is 5.99. The van der Waals surface area contributed by atoms with Crippen LogP contribution < -0.4 is 15.4 Å². The second-order valence-electron chi connectivity index (χ2n) is 13.6. The highest BCUT2D eigenvalue weighted by Gasteiger charge is 2.31. The molecule has 1 heterocycles. The number of ether oxygens (including phenoxy) is 2. The summed E-state index contributed by atoms with van der Waals surface area (Å²) in [4.78, 5) is 45.5. The van der Waals surface area contributed by atoms with Gasteiger partial charge in [-0.05, 0) is 91.2 Å². The van der Waals surface area contributed by atoms with Crippen LogP contribution >= 0.6 is 0 Å². The summed E-state index contributed by atoms with van der Waals surface area (Å²) >= 11 is 0. The first-order chi connectivity index (χ1) is 22.0. The Morgan fingerprint density at radius 1 is 1.07 bits per heavy atom. The number of likely N-dealkylation sites (N-methyl/N-ethyl adjacent to an activating group) is 1. The van der Waals surface area contributed by atoms with Gasteiger partial charge in [-0.2, -0.15) is 0 Å². The maximum absolute atomic E-state index is 14.3. The van der Waals surface area contributed by atoms with Crippen molar-refractivity contribution in [3.05, 3.63) is 23.8 Å². The first-order valence-corrected chi connectivity index (χ1v) is 17.3. The molecule has 0 spiro atoms. The molecule has 1 saturated carbocycles. The second-order valence-corrected chi connectivity index (χ2v) is 13.6. The summed E-state index contributed by atoms with van der Waals surface area (Å²) in [7, 11) is 5.74. The summed E-state index contributed by atoms with van der Waals surface area (Å²) in [6.45, 7) is 7.64. The van der Waals surface area contributed by atoms with E-state index in [1.807, 2.05) is 39.8 Å². The van der Waals surface area contributed by atoms with Gasteiger partial charge in [0.15, 0.2) is 0 Å². The van der Waals surface area contributed by atoms with Crippen molar-refractivity contribution in [1.29, 1.82) is 0 Å². The Bertz CT molecular complexity index is 1110. The zero-order chi connectivity index (χ0) is 33.6. The van der Waals surface area contributed by atoms with Crippen molar-refractivity contribution in [2.45, 2.75) is 109 Å². The van der Waals surface area contributed by atoms with Crippen LogP contribution in [0.25, 0.3) is 0 Å². The van der Waals surface area contributed by atoms with Crippen LogP contribution in [-0.2, 0) is 9.53 Å². The number of hydrogen-bond acceptors (Lipinski definition) is 7. The second kappa shape index (κ2) is 19.1. The Morgan fingerprint density at radius 2 is 1.78 bits per heavy atom. The third-order valence-electron chi connectivity index (χ3n) is 9.08. The molecule has 0 bridgehead atoms. The van der Waals surface area contributed by atoms with Crippen LogP contribution in [0.1, 0.15) is 95.3 Å². The molecule has 260 valence electrons. The van der Waals surface area contributed by atoms with Crippen LogP contribution in [-0.4, -0.2) is 116 Å². The van der Waals surface area contributed by atoms with Crippen LogP contribution in [0, 0.1) is 5.92 Å². The van der Waals surface area contributed by atoms with Gasteiger partial charge < -0.3 is 39.9 Å². The van der Waals surface area contributed by atoms with E-state index < -0.39 is 6.04 Å². The molecule has 3 rings (SSSR count). The molecule has 1 aromatic rings. The number of carbonyl (C=O) groups is 3. The zero-order valence-electron chi connectivity index (χ0n) is 29.1. The number of fused-ring (bicyclic) bond motifs is 1. The fraction of sp³-hybridized carbons (Fsp3) is 0.743. The van der Waals surface area contributed by atoms with Gasteiger partial charge in [-0.1, -0.05) is 26.2 Å². The number of nitrogens with one attached hydrogen (secondary N) is 2. The van der Waals surface area contributed by atoms with Crippen molar-refractivity contribution < 1.29 is 29.0 Å². The van der Waals surface area contributed by atoms with E-state index in [1.165, 1.54) is 6.42 Å². The molecule has 2 aliphatic rings. The Balaban J connectivity index is 1.84. The summed E-state index contributed by atoms with van der Waals surface area (Å²) < 4.78 is 12.7. The molecule has 1 aliphatic carbocycles. The molecule has 11 nitrogen and oxygen atoms in total. The molecule has 46 heavy (non-hydrogen) atoms. The molecule has 4 amide bonds. The van der Waals surface area contributed by atoms with Crippen LogP contribution in [0.3, 0.4) is 0 Å². The predicted molar refractivity (Wildman–Crippen MR) is 181 cm³/mol. The average Bonchev–Trinajstić information content (AvgIpc) is 3.02. The molecule has 4 atom stereocenters. The van der Waals surface area contributed by atoms with Gasteiger partial charge in [-0.3, -0.25) is 9.59 Å². The van der Waals surface area contributed by atoms with Crippen molar-refractivity contribution in [3.63, 3.8) is 0 Å². The van der Waals surface area contributed by atoms with E-state index in [9.17, 15) is 19.5 Å². The number of benzene rings is 1. The maximum Gasteiger partial charge on any atom is 0.317 e. The van der Waals surface area contributed by atoms with Crippen LogP contribution in [0.15, 0.2) is 18.2 Å². The van der Waals surface area contributed by atoms with E-state index >= 15 is 0 Å². The van der Waals surface area contributed by atoms with E-state index in [2.05, 4.69) is 10.6 Å². The lowest BCUT2D eigenvalue weighted by Gasteiger charge is -2.36. The zero-order valence-corrected chi connectivity index (χ0v) is 29.1. The van der Waals surface area contributed by atoms with E-state index in [-0.39, 0.29) is 48.6 Å². The van der Waals surface area contributed by atoms with Crippen molar-refractivity contribution >= 4 is 23.5 Å². The molecule has 1 aromatic carbocycles. The van der Waals surface area contributed by atoms with Gasteiger partial charge in [0.2, 0.25) is 5.91 Å². The lowest BCUT2D eigenvalue weighted by atomic mass is 9.96. The Labute approximate surface area is 276 Å². The van der Waals surface area contributed by atoms with Gasteiger partial charge in [0.05, 0.1) is 30.4 Å². The molecule has 1 aliphatic heterocycles. The number of amides is 4. The summed E-state index contributed by atoms with van der Waals surface area (Å²) in [5.74, 6) is -0.0997. The SMILES string of the molecule is C[C@@H]1CCCCO[C@H](CN(C)C(=O)NC2CCCCC2)[C@H](C)CN([C@@H](C)CO)C(=O)c2cc(NC(=O)CCCN(C)C)ccc2O1. The molecule has 11 heteroatoms. The van der Waals surface area contributed by atoms with E-state index in [0.29, 0.717) is 43.1 Å². The number of urea groups is 1. The minimum absolute atomic E-state index is 0.102. The Kier molecular flexibility index (Phi) is 15.6.